The second kappa shape index (κ2) is 51.0. The highest BCUT2D eigenvalue weighted by Crippen LogP contribution is 2.50. The van der Waals surface area contributed by atoms with Gasteiger partial charge in [0.2, 0.25) is 47.3 Å². The number of para-hydroxylation sites is 1. The fourth-order valence-electron chi connectivity index (χ4n) is 17.4. The largest absolute Gasteiger partial charge is 0.495 e. The van der Waals surface area contributed by atoms with Gasteiger partial charge < -0.3 is 64.2 Å². The lowest BCUT2D eigenvalue weighted by atomic mass is 9.83. The minimum absolute atomic E-state index is 0.00559. The molecule has 8 aromatic rings. The monoisotopic (exact) mass is 1930 g/mol. The number of nitrogens with zero attached hydrogens (tertiary/aromatic N) is 13. The maximum Gasteiger partial charge on any atom is 0.409 e. The van der Waals surface area contributed by atoms with Crippen molar-refractivity contribution < 1.29 is 81.5 Å². The van der Waals surface area contributed by atoms with Crippen LogP contribution in [0.5, 0.6) is 11.5 Å². The number of aliphatic hydroxyl groups is 1. The van der Waals surface area contributed by atoms with Crippen LogP contribution in [0.4, 0.5) is 22.1 Å². The zero-order valence-electron chi connectivity index (χ0n) is 80.6. The van der Waals surface area contributed by atoms with Gasteiger partial charge >= 0.3 is 12.1 Å². The first-order valence-corrected chi connectivity index (χ1v) is 49.1. The van der Waals surface area contributed by atoms with Gasteiger partial charge in [-0.2, -0.15) is 0 Å². The predicted octanol–water partition coefficient (Wildman–Crippen LogP) is 13.6. The minimum atomic E-state index is -1.92. The molecular formula is C102H130ClN17O17S. The number of amides is 9. The van der Waals surface area contributed by atoms with Crippen LogP contribution in [0.25, 0.3) is 11.0 Å². The normalized spacial score (nSPS) is 20.2. The topological polar surface area (TPSA) is 399 Å². The molecule has 9 atom stereocenters. The van der Waals surface area contributed by atoms with E-state index >= 15 is 0 Å². The number of thioether (sulfide) groups is 1. The number of halogens is 1. The Kier molecular flexibility index (Phi) is 38.7. The summed E-state index contributed by atoms with van der Waals surface area (Å²) >= 11 is 8.07. The van der Waals surface area contributed by atoms with Crippen molar-refractivity contribution in [2.45, 2.75) is 257 Å². The first-order valence-electron chi connectivity index (χ1n) is 47.6. The maximum absolute atomic E-state index is 14.6. The molecule has 36 heteroatoms. The minimum Gasteiger partial charge on any atom is -0.495 e. The maximum atomic E-state index is 14.6. The number of epoxide rings is 1. The number of nitrogens with one attached hydrogen (secondary N) is 4. The van der Waals surface area contributed by atoms with Gasteiger partial charge in [-0.25, -0.2) is 24.2 Å². The average molecular weight is 1930 g/mol. The van der Waals surface area contributed by atoms with E-state index in [1.54, 1.807) is 79.3 Å². The first-order chi connectivity index (χ1) is 66.5. The Balaban J connectivity index is 0.673. The molecule has 3 fully saturated rings. The van der Waals surface area contributed by atoms with Crippen LogP contribution >= 0.6 is 23.4 Å². The highest BCUT2D eigenvalue weighted by atomic mass is 35.5. The molecule has 0 spiro atoms. The number of methoxy groups -OCH3 is 2. The van der Waals surface area contributed by atoms with Crippen molar-refractivity contribution in [2.24, 2.45) is 5.92 Å². The van der Waals surface area contributed by atoms with E-state index in [4.69, 9.17) is 60.0 Å². The van der Waals surface area contributed by atoms with E-state index in [0.717, 1.165) is 101 Å². The number of aromatic nitrogens is 7. The number of carbonyl (C=O) groups excluding carboxylic acids is 10. The van der Waals surface area contributed by atoms with Gasteiger partial charge in [-0.05, 0) is 167 Å². The van der Waals surface area contributed by atoms with Crippen LogP contribution in [0, 0.1) is 5.92 Å². The van der Waals surface area contributed by atoms with Gasteiger partial charge in [0.25, 0.3) is 0 Å². The highest BCUT2D eigenvalue weighted by Gasteiger charge is 2.65. The summed E-state index contributed by atoms with van der Waals surface area (Å²) in [6.45, 7) is 13.9. The Bertz CT molecular complexity index is 5450. The van der Waals surface area contributed by atoms with Gasteiger partial charge in [-0.3, -0.25) is 68.3 Å². The number of esters is 1. The Hall–Kier alpha value is -12.1. The summed E-state index contributed by atoms with van der Waals surface area (Å²) in [6.07, 6.45) is 12.0. The van der Waals surface area contributed by atoms with Crippen LogP contribution in [0.3, 0.4) is 0 Å². The van der Waals surface area contributed by atoms with Crippen molar-refractivity contribution in [2.75, 3.05) is 75.8 Å². The second-order valence-corrected chi connectivity index (χ2v) is 37.8. The number of hydrogen-bond donors (Lipinski definition) is 5. The summed E-state index contributed by atoms with van der Waals surface area (Å²) in [7, 11) is 5.85. The number of unbranched alkanes of at least 4 members (excludes halogenated alkanes) is 7. The third-order valence-corrected chi connectivity index (χ3v) is 26.8. The van der Waals surface area contributed by atoms with Crippen molar-refractivity contribution in [3.8, 4) is 11.5 Å². The van der Waals surface area contributed by atoms with Gasteiger partial charge in [0.15, 0.2) is 5.72 Å². The summed E-state index contributed by atoms with van der Waals surface area (Å²) in [5.41, 5.74) is 5.09. The number of carbonyl (C=O) groups is 10. The van der Waals surface area contributed by atoms with E-state index in [1.807, 2.05) is 110 Å². The molecule has 4 aliphatic heterocycles. The number of rotatable bonds is 47. The summed E-state index contributed by atoms with van der Waals surface area (Å²) in [5.74, 6) is -2.11. The molecule has 0 saturated carbocycles. The zero-order chi connectivity index (χ0) is 98.4. The third-order valence-electron chi connectivity index (χ3n) is 25.3. The molecule has 138 heavy (non-hydrogen) atoms. The van der Waals surface area contributed by atoms with Crippen molar-refractivity contribution >= 4 is 111 Å². The number of likely N-dealkylation sites (N-methyl/N-ethyl adjacent to an activating group) is 1. The van der Waals surface area contributed by atoms with Crippen molar-refractivity contribution in [1.29, 1.82) is 0 Å². The lowest BCUT2D eigenvalue weighted by Gasteiger charge is -2.42. The number of imide groups is 1. The van der Waals surface area contributed by atoms with Crippen LogP contribution in [0.1, 0.15) is 197 Å². The average Bonchev–Trinajstić information content (AvgIpc) is 1.57. The van der Waals surface area contributed by atoms with Gasteiger partial charge in [0, 0.05) is 136 Å². The molecule has 4 aliphatic rings. The number of pyridine rings is 4. The smallest absolute Gasteiger partial charge is 0.409 e. The lowest BCUT2D eigenvalue weighted by Crippen LogP contribution is -2.63. The van der Waals surface area contributed by atoms with Crippen molar-refractivity contribution in [3.05, 3.63) is 208 Å². The molecule has 3 saturated heterocycles. The molecule has 0 aliphatic carbocycles. The molecule has 34 nitrogen and oxygen atoms in total. The van der Waals surface area contributed by atoms with E-state index in [1.165, 1.54) is 42.9 Å². The predicted molar refractivity (Wildman–Crippen MR) is 523 cm³/mol. The number of alkyl carbamates (subject to hydrolysis) is 1. The molecule has 1 unspecified atom stereocenters. The first kappa shape index (κ1) is 105. The number of hydrogen-bond acceptors (Lipinski definition) is 26. The Morgan fingerprint density at radius 1 is 0.710 bits per heavy atom. The fraction of sp³-hybridized carbons (Fsp3) is 0.490. The molecule has 3 aromatic carbocycles. The van der Waals surface area contributed by atoms with E-state index in [9.17, 15) is 53.1 Å². The number of ether oxygens (including phenoxy) is 6. The molecule has 5 aromatic heterocycles. The molecule has 9 amide bonds. The molecule has 9 heterocycles. The SMILES string of the molecule is CCCCCC(=O)Nc1cccc(CN(Cc2cc(CN(Cc3ccccn3)Cc3cccc(NC(=O)CCCCC)n3)cc(OCCCCN(CC(=O)NCn3nnc4ccccc43)C(=O)CCCCCN3C(=O)CC(SCCC(=O)N(C)[C@H](C)C(=O)O[C@@H]4CC(=O)N(C)c5cc(cc(OC)c5Cl)C/C(C)=C/C=C/[C@H](OC)[C@]5(O)C[C@@H](OC(=O)N5)[C@H](C)[C@H]5O[C@@]54C)C3=O)c2)Cc2ccccn2)n1. The molecule has 5 N–H and O–H groups in total. The van der Waals surface area contributed by atoms with Crippen LogP contribution in [0.2, 0.25) is 5.02 Å². The molecule has 0 radical (unpaired) electrons. The van der Waals surface area contributed by atoms with E-state index in [2.05, 4.69) is 61.3 Å². The molecule has 12 rings (SSSR count). The van der Waals surface area contributed by atoms with E-state index in [-0.39, 0.29) is 93.0 Å². The van der Waals surface area contributed by atoms with E-state index < -0.39 is 95.1 Å². The summed E-state index contributed by atoms with van der Waals surface area (Å²) in [5, 5.41) is 31.3. The van der Waals surface area contributed by atoms with Crippen molar-refractivity contribution in [3.63, 3.8) is 0 Å². The van der Waals surface area contributed by atoms with Gasteiger partial charge in [0.1, 0.15) is 70.3 Å². The number of likely N-dealkylation sites (tertiary alicyclic amines) is 1. The van der Waals surface area contributed by atoms with Crippen molar-refractivity contribution in [1.82, 2.24) is 70.1 Å². The van der Waals surface area contributed by atoms with Gasteiger partial charge in [-0.15, -0.1) is 16.9 Å². The van der Waals surface area contributed by atoms with Crippen LogP contribution < -0.4 is 35.6 Å². The summed E-state index contributed by atoms with van der Waals surface area (Å²) < 4.78 is 38.1. The Morgan fingerprint density at radius 2 is 1.34 bits per heavy atom. The second-order valence-electron chi connectivity index (χ2n) is 36.1. The number of fused-ring (bicyclic) bond motifs is 6. The standard InChI is InChI=1S/C102H130ClN17O17S/c1-11-13-16-41-89(121)109-87-39-29-34-76(107-87)64-116(62-74-32-21-23-45-104-74)60-72-52-73(61-117(63-75-33-22-24-46-105-75)65-77-35-30-40-88(108-77)110-90(122)42-17-14-12-2)54-78(53-72)134-49-27-26-47-118(66-91(123)106-67-120-80-37-20-19-36-79(80)112-113-120)93(125)43-18-15-25-48-119-95(127)57-84(98(119)128)138-50-44-92(124)114(7)70(5)99(129)136-86-58-94(126)115(8)81-55-71(56-82(132-9)96(81)103)51-68(3)31-28-38-85(133-10)102(131)59-83(135-100(130)111-102)69(4)97-101(86,6)137-97/h19-24,28-40,45-46,52-56,69-70,83-86,97,131H,11-18,25-27,41-44,47-51,57-67H2,1-10H3,(H,106,123)(H,111,130)(H,107,109,121)(H,108,110,122)/b38-28+,68-31+/t69-,70+,83+,84?,85-,86+,97+,101+,102+/m0/s1. The summed E-state index contributed by atoms with van der Waals surface area (Å²) in [6, 6.07) is 38.8. The molecular weight excluding hydrogens is 1800 g/mol. The van der Waals surface area contributed by atoms with Crippen LogP contribution in [-0.4, -0.2) is 231 Å². The van der Waals surface area contributed by atoms with E-state index in [0.29, 0.717) is 125 Å². The Morgan fingerprint density at radius 3 is 1.97 bits per heavy atom. The highest BCUT2D eigenvalue weighted by molar-refractivity contribution is 8.00. The molecule has 4 bridgehead atoms. The quantitative estimate of drug-likeness (QED) is 0.0102. The molecule has 738 valence electrons. The number of anilines is 3. The zero-order valence-corrected chi connectivity index (χ0v) is 82.1. The van der Waals surface area contributed by atoms with Crippen LogP contribution in [0.15, 0.2) is 164 Å². The third kappa shape index (κ3) is 30.0. The summed E-state index contributed by atoms with van der Waals surface area (Å²) in [4.78, 5) is 168. The Labute approximate surface area is 815 Å². The van der Waals surface area contributed by atoms with Crippen LogP contribution in [-0.2, 0) is 114 Å². The van der Waals surface area contributed by atoms with Gasteiger partial charge in [0.05, 0.1) is 72.0 Å². The fourth-order valence-corrected chi connectivity index (χ4v) is 18.8. The number of benzene rings is 3. The van der Waals surface area contributed by atoms with Gasteiger partial charge in [-0.1, -0.05) is 136 Å². The lowest BCUT2D eigenvalue weighted by molar-refractivity contribution is -0.162. The number of allylic oxidation sites excluding steroid dienone is 3.